The zero-order valence-corrected chi connectivity index (χ0v) is 6.28. The highest BCUT2D eigenvalue weighted by Crippen LogP contribution is 2.16. The third kappa shape index (κ3) is 4.70. The van der Waals surface area contributed by atoms with Gasteiger partial charge in [-0.25, -0.2) is 0 Å². The van der Waals surface area contributed by atoms with E-state index >= 15 is 0 Å². The van der Waals surface area contributed by atoms with E-state index in [4.69, 9.17) is 5.11 Å². The first-order chi connectivity index (χ1) is 3.39. The highest BCUT2D eigenvalue weighted by atomic mass is 35.5. The molecule has 0 aromatic rings. The summed E-state index contributed by atoms with van der Waals surface area (Å²) in [6, 6.07) is 0. The molecule has 3 heteroatoms. The Labute approximate surface area is 62.0 Å². The third-order valence-corrected chi connectivity index (χ3v) is 1.57. The van der Waals surface area contributed by atoms with Gasteiger partial charge in [-0.1, -0.05) is 19.3 Å². The maximum Gasteiger partial charge on any atom is 0.0540 e. The van der Waals surface area contributed by atoms with Crippen LogP contribution in [-0.4, -0.2) is 16.7 Å². The standard InChI is InChI=1S/C6H12O.ClH.H2O/c7-6-4-2-1-3-5-6;;/h6-7H,1-5H2;1H;1H2. The molecule has 0 saturated heterocycles. The Morgan fingerprint density at radius 3 is 1.67 bits per heavy atom. The first-order valence-corrected chi connectivity index (χ1v) is 3.07. The Balaban J connectivity index is 0. The summed E-state index contributed by atoms with van der Waals surface area (Å²) >= 11 is 0. The molecule has 0 spiro atoms. The topological polar surface area (TPSA) is 51.7 Å². The van der Waals surface area contributed by atoms with Crippen LogP contribution in [0.4, 0.5) is 0 Å². The Morgan fingerprint density at radius 2 is 1.44 bits per heavy atom. The second kappa shape index (κ2) is 6.33. The minimum atomic E-state index is 0. The van der Waals surface area contributed by atoms with Gasteiger partial charge in [0, 0.05) is 0 Å². The second-order valence-corrected chi connectivity index (χ2v) is 2.29. The predicted octanol–water partition coefficient (Wildman–Crippen LogP) is 0.909. The van der Waals surface area contributed by atoms with Crippen LogP contribution in [0.3, 0.4) is 0 Å². The SMILES string of the molecule is Cl.O.OC1CCCCC1. The van der Waals surface area contributed by atoms with Gasteiger partial charge in [-0.05, 0) is 12.8 Å². The van der Waals surface area contributed by atoms with Crippen molar-refractivity contribution in [3.05, 3.63) is 0 Å². The average Bonchev–Trinajstić information content (AvgIpc) is 1.69. The van der Waals surface area contributed by atoms with E-state index in [0.717, 1.165) is 12.8 Å². The lowest BCUT2D eigenvalue weighted by Crippen LogP contribution is -2.09. The molecule has 1 saturated carbocycles. The van der Waals surface area contributed by atoms with Crippen LogP contribution >= 0.6 is 12.4 Å². The van der Waals surface area contributed by atoms with Crippen molar-refractivity contribution in [3.63, 3.8) is 0 Å². The summed E-state index contributed by atoms with van der Waals surface area (Å²) in [6.07, 6.45) is 5.92. The minimum Gasteiger partial charge on any atom is -0.412 e. The number of rotatable bonds is 0. The van der Waals surface area contributed by atoms with E-state index in [1.165, 1.54) is 19.3 Å². The van der Waals surface area contributed by atoms with Crippen molar-refractivity contribution >= 4 is 12.4 Å². The fraction of sp³-hybridized carbons (Fsp3) is 1.00. The van der Waals surface area contributed by atoms with Crippen LogP contribution in [0.15, 0.2) is 0 Å². The fourth-order valence-corrected chi connectivity index (χ4v) is 1.08. The number of aliphatic hydroxyl groups is 1. The van der Waals surface area contributed by atoms with Crippen molar-refractivity contribution in [2.45, 2.75) is 38.2 Å². The van der Waals surface area contributed by atoms with Crippen molar-refractivity contribution in [1.29, 1.82) is 0 Å². The molecule has 1 aliphatic rings. The minimum absolute atomic E-state index is 0. The van der Waals surface area contributed by atoms with Crippen molar-refractivity contribution in [3.8, 4) is 0 Å². The van der Waals surface area contributed by atoms with E-state index in [1.54, 1.807) is 0 Å². The fourth-order valence-electron chi connectivity index (χ4n) is 1.08. The first kappa shape index (κ1) is 11.9. The van der Waals surface area contributed by atoms with Crippen molar-refractivity contribution < 1.29 is 10.6 Å². The average molecular weight is 155 g/mol. The molecule has 0 aromatic heterocycles. The summed E-state index contributed by atoms with van der Waals surface area (Å²) in [5, 5.41) is 8.91. The zero-order chi connectivity index (χ0) is 5.11. The summed E-state index contributed by atoms with van der Waals surface area (Å²) in [4.78, 5) is 0. The molecule has 0 unspecified atom stereocenters. The zero-order valence-electron chi connectivity index (χ0n) is 5.47. The largest absolute Gasteiger partial charge is 0.412 e. The van der Waals surface area contributed by atoms with E-state index in [9.17, 15) is 0 Å². The molecule has 58 valence electrons. The lowest BCUT2D eigenvalue weighted by molar-refractivity contribution is 0.130. The van der Waals surface area contributed by atoms with E-state index in [0.29, 0.717) is 0 Å². The quantitative estimate of drug-likeness (QED) is 0.554. The molecule has 3 N–H and O–H groups in total. The monoisotopic (exact) mass is 154 g/mol. The van der Waals surface area contributed by atoms with Gasteiger partial charge in [-0.15, -0.1) is 12.4 Å². The second-order valence-electron chi connectivity index (χ2n) is 2.29. The van der Waals surface area contributed by atoms with Crippen LogP contribution in [-0.2, 0) is 0 Å². The number of hydrogen-bond acceptors (Lipinski definition) is 1. The molecule has 0 atom stereocenters. The van der Waals surface area contributed by atoms with Gasteiger partial charge in [0.25, 0.3) is 0 Å². The molecular weight excluding hydrogens is 140 g/mol. The van der Waals surface area contributed by atoms with Crippen molar-refractivity contribution in [1.82, 2.24) is 0 Å². The summed E-state index contributed by atoms with van der Waals surface area (Å²) in [6.45, 7) is 0. The molecule has 1 rings (SSSR count). The molecule has 9 heavy (non-hydrogen) atoms. The first-order valence-electron chi connectivity index (χ1n) is 3.07. The van der Waals surface area contributed by atoms with Gasteiger partial charge >= 0.3 is 0 Å². The molecule has 2 nitrogen and oxygen atoms in total. The molecule has 0 radical (unpaired) electrons. The van der Waals surface area contributed by atoms with Crippen LogP contribution in [0.5, 0.6) is 0 Å². The van der Waals surface area contributed by atoms with E-state index in [1.807, 2.05) is 0 Å². The van der Waals surface area contributed by atoms with E-state index < -0.39 is 0 Å². The summed E-state index contributed by atoms with van der Waals surface area (Å²) in [7, 11) is 0. The molecule has 1 aliphatic carbocycles. The van der Waals surface area contributed by atoms with E-state index in [2.05, 4.69) is 0 Å². The Kier molecular flexibility index (Phi) is 8.40. The van der Waals surface area contributed by atoms with Gasteiger partial charge in [0.15, 0.2) is 0 Å². The lowest BCUT2D eigenvalue weighted by atomic mass is 9.98. The molecule has 0 aromatic carbocycles. The third-order valence-electron chi connectivity index (χ3n) is 1.57. The van der Waals surface area contributed by atoms with Crippen LogP contribution in [0.2, 0.25) is 0 Å². The molecule has 0 aliphatic heterocycles. The van der Waals surface area contributed by atoms with Gasteiger partial charge in [0.05, 0.1) is 6.10 Å². The molecular formula is C6H15ClO2. The van der Waals surface area contributed by atoms with Gasteiger partial charge in [-0.3, -0.25) is 0 Å². The van der Waals surface area contributed by atoms with Gasteiger partial charge in [0.2, 0.25) is 0 Å². The number of halogens is 1. The van der Waals surface area contributed by atoms with Crippen LogP contribution in [0.1, 0.15) is 32.1 Å². The smallest absolute Gasteiger partial charge is 0.0540 e. The Hall–Kier alpha value is 0.210. The Bertz CT molecular complexity index is 53.0. The summed E-state index contributed by atoms with van der Waals surface area (Å²) in [5.41, 5.74) is 0. The molecule has 0 bridgehead atoms. The predicted molar refractivity (Wildman–Crippen MR) is 40.0 cm³/mol. The van der Waals surface area contributed by atoms with Gasteiger partial charge in [-0.2, -0.15) is 0 Å². The molecule has 0 heterocycles. The maximum atomic E-state index is 8.91. The van der Waals surface area contributed by atoms with Gasteiger partial charge in [0.1, 0.15) is 0 Å². The maximum absolute atomic E-state index is 8.91. The van der Waals surface area contributed by atoms with E-state index in [-0.39, 0.29) is 24.0 Å². The molecule has 0 amide bonds. The highest BCUT2D eigenvalue weighted by molar-refractivity contribution is 5.85. The Morgan fingerprint density at radius 1 is 1.00 bits per heavy atom. The van der Waals surface area contributed by atoms with Gasteiger partial charge < -0.3 is 10.6 Å². The summed E-state index contributed by atoms with van der Waals surface area (Å²) in [5.74, 6) is 0. The lowest BCUT2D eigenvalue weighted by Gasteiger charge is -2.14. The van der Waals surface area contributed by atoms with Crippen LogP contribution in [0, 0.1) is 0 Å². The van der Waals surface area contributed by atoms with Crippen molar-refractivity contribution in [2.24, 2.45) is 0 Å². The number of hydrogen-bond donors (Lipinski definition) is 1. The summed E-state index contributed by atoms with van der Waals surface area (Å²) < 4.78 is 0. The normalized spacial score (nSPS) is 19.7. The van der Waals surface area contributed by atoms with Crippen molar-refractivity contribution in [2.75, 3.05) is 0 Å². The van der Waals surface area contributed by atoms with Crippen LogP contribution in [0.25, 0.3) is 0 Å². The highest BCUT2D eigenvalue weighted by Gasteiger charge is 2.07. The number of aliphatic hydroxyl groups excluding tert-OH is 1. The van der Waals surface area contributed by atoms with Crippen LogP contribution < -0.4 is 0 Å². The molecule has 1 fully saturated rings.